The Bertz CT molecular complexity index is 298. The molecule has 0 bridgehead atoms. The van der Waals surface area contributed by atoms with E-state index in [9.17, 15) is 4.79 Å². The van der Waals surface area contributed by atoms with Crippen LogP contribution in [0.25, 0.3) is 0 Å². The van der Waals surface area contributed by atoms with Gasteiger partial charge in [-0.15, -0.1) is 0 Å². The Kier molecular flexibility index (Phi) is 1.99. The summed E-state index contributed by atoms with van der Waals surface area (Å²) < 4.78 is 4.61. The number of carbonyl (C=O) groups excluding carboxylic acids is 1. The number of nitrogens with zero attached hydrogens (tertiary/aromatic N) is 2. The second-order valence-electron chi connectivity index (χ2n) is 2.81. The van der Waals surface area contributed by atoms with Crippen LogP contribution in [0.2, 0.25) is 0 Å². The lowest BCUT2D eigenvalue weighted by Gasteiger charge is -2.11. The number of aromatic nitrogens is 1. The molecule has 1 saturated heterocycles. The molecule has 0 spiro atoms. The summed E-state index contributed by atoms with van der Waals surface area (Å²) in [6, 6.07) is -0.542. The van der Waals surface area contributed by atoms with Gasteiger partial charge in [0.25, 0.3) is 5.91 Å². The Morgan fingerprint density at radius 2 is 2.62 bits per heavy atom. The lowest BCUT2D eigenvalue weighted by molar-refractivity contribution is -0.164. The van der Waals surface area contributed by atoms with Gasteiger partial charge in [0.1, 0.15) is 12.3 Å². The van der Waals surface area contributed by atoms with E-state index in [0.29, 0.717) is 6.54 Å². The van der Waals surface area contributed by atoms with E-state index in [1.165, 1.54) is 17.5 Å². The summed E-state index contributed by atoms with van der Waals surface area (Å²) in [6.45, 7) is 0.570. The molecule has 1 aromatic rings. The van der Waals surface area contributed by atoms with E-state index in [2.05, 4.69) is 9.68 Å². The molecule has 0 radical (unpaired) electrons. The van der Waals surface area contributed by atoms with Gasteiger partial charge in [-0.2, -0.15) is 0 Å². The maximum atomic E-state index is 11.3. The second-order valence-corrected chi connectivity index (χ2v) is 2.81. The molecule has 70 valence electrons. The van der Waals surface area contributed by atoms with Crippen LogP contribution in [0.1, 0.15) is 5.56 Å². The van der Waals surface area contributed by atoms with Crippen LogP contribution < -0.4 is 5.73 Å². The maximum Gasteiger partial charge on any atom is 0.265 e. The van der Waals surface area contributed by atoms with E-state index in [-0.39, 0.29) is 12.5 Å². The highest BCUT2D eigenvalue weighted by molar-refractivity contribution is 5.82. The standard InChI is InChI=1S/C7H9N3O3/c8-6-4-13-10(7(6)11)2-5-1-9-12-3-5/h1,3,6H,2,4,8H2. The molecule has 2 heterocycles. The number of rotatable bonds is 2. The third kappa shape index (κ3) is 1.53. The van der Waals surface area contributed by atoms with Crippen molar-refractivity contribution in [1.82, 2.24) is 10.2 Å². The second kappa shape index (κ2) is 3.15. The highest BCUT2D eigenvalue weighted by Crippen LogP contribution is 2.10. The van der Waals surface area contributed by atoms with Crippen LogP contribution >= 0.6 is 0 Å². The Morgan fingerprint density at radius 3 is 3.15 bits per heavy atom. The molecule has 0 aromatic carbocycles. The van der Waals surface area contributed by atoms with Gasteiger partial charge in [-0.3, -0.25) is 9.63 Å². The first-order chi connectivity index (χ1) is 6.27. The van der Waals surface area contributed by atoms with Crippen LogP contribution in [0.4, 0.5) is 0 Å². The first-order valence-corrected chi connectivity index (χ1v) is 3.85. The number of amides is 1. The molecule has 1 aliphatic rings. The lowest BCUT2D eigenvalue weighted by Crippen LogP contribution is -2.34. The minimum Gasteiger partial charge on any atom is -0.364 e. The van der Waals surface area contributed by atoms with Crippen LogP contribution in [0.5, 0.6) is 0 Å². The van der Waals surface area contributed by atoms with Crippen LogP contribution in [-0.2, 0) is 16.2 Å². The smallest absolute Gasteiger partial charge is 0.265 e. The number of hydroxylamine groups is 2. The third-order valence-electron chi connectivity index (χ3n) is 1.78. The SMILES string of the molecule is NC1CON(Cc2cnoc2)C1=O. The topological polar surface area (TPSA) is 81.6 Å². The van der Waals surface area contributed by atoms with E-state index in [1.807, 2.05) is 0 Å². The lowest BCUT2D eigenvalue weighted by atomic mass is 10.3. The Hall–Kier alpha value is -1.40. The Morgan fingerprint density at radius 1 is 1.77 bits per heavy atom. The van der Waals surface area contributed by atoms with Crippen molar-refractivity contribution in [3.8, 4) is 0 Å². The zero-order valence-corrected chi connectivity index (χ0v) is 6.84. The van der Waals surface area contributed by atoms with Crippen molar-refractivity contribution in [1.29, 1.82) is 0 Å². The van der Waals surface area contributed by atoms with E-state index in [4.69, 9.17) is 10.6 Å². The predicted molar refractivity (Wildman–Crippen MR) is 41.0 cm³/mol. The minimum absolute atomic E-state index is 0.207. The van der Waals surface area contributed by atoms with Crippen LogP contribution in [0.15, 0.2) is 17.0 Å². The summed E-state index contributed by atoms with van der Waals surface area (Å²) in [5.74, 6) is -0.207. The van der Waals surface area contributed by atoms with E-state index < -0.39 is 6.04 Å². The molecule has 1 fully saturated rings. The highest BCUT2D eigenvalue weighted by Gasteiger charge is 2.30. The summed E-state index contributed by atoms with van der Waals surface area (Å²) in [5.41, 5.74) is 6.22. The van der Waals surface area contributed by atoms with Gasteiger partial charge in [-0.25, -0.2) is 5.06 Å². The molecule has 1 unspecified atom stereocenters. The molecule has 1 amide bonds. The van der Waals surface area contributed by atoms with Crippen molar-refractivity contribution in [2.75, 3.05) is 6.61 Å². The summed E-state index contributed by atoms with van der Waals surface area (Å²) in [4.78, 5) is 16.3. The third-order valence-corrected chi connectivity index (χ3v) is 1.78. The van der Waals surface area contributed by atoms with Crippen molar-refractivity contribution in [3.63, 3.8) is 0 Å². The molecule has 0 aliphatic carbocycles. The molecule has 1 aromatic heterocycles. The fourth-order valence-corrected chi connectivity index (χ4v) is 1.08. The van der Waals surface area contributed by atoms with Crippen LogP contribution in [0.3, 0.4) is 0 Å². The normalized spacial score (nSPS) is 22.7. The summed E-state index contributed by atoms with van der Waals surface area (Å²) >= 11 is 0. The molecule has 2 N–H and O–H groups in total. The average molecular weight is 183 g/mol. The molecule has 6 heteroatoms. The van der Waals surface area contributed by atoms with E-state index in [0.717, 1.165) is 5.56 Å². The highest BCUT2D eigenvalue weighted by atomic mass is 16.7. The Balaban J connectivity index is 2.00. The fraction of sp³-hybridized carbons (Fsp3) is 0.429. The van der Waals surface area contributed by atoms with Gasteiger partial charge in [-0.1, -0.05) is 5.16 Å². The monoisotopic (exact) mass is 183 g/mol. The van der Waals surface area contributed by atoms with Crippen LogP contribution in [0, 0.1) is 0 Å². The van der Waals surface area contributed by atoms with E-state index >= 15 is 0 Å². The molecular formula is C7H9N3O3. The molecule has 0 saturated carbocycles. The molecule has 6 nitrogen and oxygen atoms in total. The predicted octanol–water partition coefficient (Wildman–Crippen LogP) is -0.724. The maximum absolute atomic E-state index is 11.3. The van der Waals surface area contributed by atoms with Gasteiger partial charge >= 0.3 is 0 Å². The summed E-state index contributed by atoms with van der Waals surface area (Å²) in [7, 11) is 0. The molecule has 1 aliphatic heterocycles. The van der Waals surface area contributed by atoms with Crippen molar-refractivity contribution in [2.45, 2.75) is 12.6 Å². The Labute approximate surface area is 74.2 Å². The summed E-state index contributed by atoms with van der Waals surface area (Å²) in [5, 5.41) is 4.73. The van der Waals surface area contributed by atoms with Gasteiger partial charge < -0.3 is 10.3 Å². The zero-order chi connectivity index (χ0) is 9.26. The minimum atomic E-state index is -0.542. The number of hydrogen-bond donors (Lipinski definition) is 1. The van der Waals surface area contributed by atoms with Crippen molar-refractivity contribution in [2.24, 2.45) is 5.73 Å². The quantitative estimate of drug-likeness (QED) is 0.654. The van der Waals surface area contributed by atoms with Gasteiger partial charge in [0, 0.05) is 5.56 Å². The number of hydrogen-bond acceptors (Lipinski definition) is 5. The van der Waals surface area contributed by atoms with Gasteiger partial charge in [0.15, 0.2) is 0 Å². The van der Waals surface area contributed by atoms with Crippen molar-refractivity contribution < 1.29 is 14.2 Å². The van der Waals surface area contributed by atoms with Gasteiger partial charge in [0.05, 0.1) is 19.3 Å². The molecule has 1 atom stereocenters. The first kappa shape index (κ1) is 8.21. The van der Waals surface area contributed by atoms with E-state index in [1.54, 1.807) is 0 Å². The van der Waals surface area contributed by atoms with Gasteiger partial charge in [-0.05, 0) is 0 Å². The van der Waals surface area contributed by atoms with Crippen molar-refractivity contribution in [3.05, 3.63) is 18.0 Å². The zero-order valence-electron chi connectivity index (χ0n) is 6.84. The number of carbonyl (C=O) groups is 1. The molecule has 2 rings (SSSR count). The van der Waals surface area contributed by atoms with Crippen molar-refractivity contribution >= 4 is 5.91 Å². The van der Waals surface area contributed by atoms with Crippen LogP contribution in [-0.4, -0.2) is 28.8 Å². The molecule has 13 heavy (non-hydrogen) atoms. The average Bonchev–Trinajstić information content (AvgIpc) is 2.71. The van der Waals surface area contributed by atoms with Gasteiger partial charge in [0.2, 0.25) is 0 Å². The first-order valence-electron chi connectivity index (χ1n) is 3.85. The number of nitrogens with two attached hydrogens (primary N) is 1. The molecular weight excluding hydrogens is 174 g/mol. The largest absolute Gasteiger partial charge is 0.364 e. The summed E-state index contributed by atoms with van der Waals surface area (Å²) in [6.07, 6.45) is 2.99. The fourth-order valence-electron chi connectivity index (χ4n) is 1.08.